The molecule has 0 radical (unpaired) electrons. The fourth-order valence-corrected chi connectivity index (χ4v) is 3.11. The van der Waals surface area contributed by atoms with Gasteiger partial charge in [-0.2, -0.15) is 4.68 Å². The Hall–Kier alpha value is -2.65. The van der Waals surface area contributed by atoms with E-state index in [-0.39, 0.29) is 5.91 Å². The molecule has 2 aromatic heterocycles. The lowest BCUT2D eigenvalue weighted by atomic mass is 10.3. The van der Waals surface area contributed by atoms with Crippen LogP contribution in [0, 0.1) is 0 Å². The summed E-state index contributed by atoms with van der Waals surface area (Å²) in [7, 11) is 0. The number of rotatable bonds is 7. The summed E-state index contributed by atoms with van der Waals surface area (Å²) in [6.07, 6.45) is 1.47. The van der Waals surface area contributed by atoms with Gasteiger partial charge >= 0.3 is 0 Å². The number of amides is 1. The van der Waals surface area contributed by atoms with Crippen molar-refractivity contribution >= 4 is 35.1 Å². The topological polar surface area (TPSA) is 94.8 Å². The number of ether oxygens (including phenoxy) is 1. The van der Waals surface area contributed by atoms with Crippen LogP contribution >= 0.6 is 23.4 Å². The Labute approximate surface area is 165 Å². The number of hydrogen-bond acceptors (Lipinski definition) is 7. The molecule has 0 aliphatic carbocycles. The van der Waals surface area contributed by atoms with Gasteiger partial charge in [-0.1, -0.05) is 35.5 Å². The van der Waals surface area contributed by atoms with Crippen molar-refractivity contribution in [1.29, 1.82) is 0 Å². The minimum Gasteiger partial charge on any atom is -0.492 e. The Bertz CT molecular complexity index is 918. The molecule has 0 unspecified atom stereocenters. The van der Waals surface area contributed by atoms with E-state index in [9.17, 15) is 4.79 Å². The quantitative estimate of drug-likeness (QED) is 0.604. The maximum absolute atomic E-state index is 12.4. The lowest BCUT2D eigenvalue weighted by Crippen LogP contribution is -2.23. The van der Waals surface area contributed by atoms with Crippen LogP contribution in [-0.4, -0.2) is 43.0 Å². The van der Waals surface area contributed by atoms with Crippen LogP contribution in [0.1, 0.15) is 13.8 Å². The van der Waals surface area contributed by atoms with Crippen LogP contribution in [0.5, 0.6) is 5.75 Å². The first kappa shape index (κ1) is 19.1. The minimum atomic E-state index is -0.452. The molecule has 0 spiro atoms. The van der Waals surface area contributed by atoms with Gasteiger partial charge < -0.3 is 10.1 Å². The van der Waals surface area contributed by atoms with E-state index in [1.807, 2.05) is 31.2 Å². The summed E-state index contributed by atoms with van der Waals surface area (Å²) in [5.41, 5.74) is 0.707. The molecule has 8 nitrogen and oxygen atoms in total. The maximum atomic E-state index is 12.4. The molecule has 1 aromatic carbocycles. The van der Waals surface area contributed by atoms with Gasteiger partial charge in [0.05, 0.1) is 16.9 Å². The molecule has 1 N–H and O–H groups in total. The number of thioether (sulfide) groups is 1. The summed E-state index contributed by atoms with van der Waals surface area (Å²) in [6.45, 7) is 4.20. The zero-order valence-electron chi connectivity index (χ0n) is 14.7. The van der Waals surface area contributed by atoms with Crippen molar-refractivity contribution in [3.63, 3.8) is 0 Å². The molecule has 0 aliphatic heterocycles. The average Bonchev–Trinajstić information content (AvgIpc) is 3.12. The number of nitrogens with one attached hydrogen (secondary N) is 1. The highest BCUT2D eigenvalue weighted by Gasteiger charge is 2.21. The third kappa shape index (κ3) is 4.75. The molecular weight excluding hydrogens is 388 g/mol. The second kappa shape index (κ2) is 8.83. The Kier molecular flexibility index (Phi) is 6.25. The average molecular weight is 405 g/mol. The van der Waals surface area contributed by atoms with E-state index in [0.29, 0.717) is 34.0 Å². The summed E-state index contributed by atoms with van der Waals surface area (Å²) in [5.74, 6) is 0.872. The highest BCUT2D eigenvalue weighted by Crippen LogP contribution is 2.28. The number of nitrogens with zero attached hydrogens (tertiary/aromatic N) is 5. The molecule has 0 saturated carbocycles. The Morgan fingerprint density at radius 1 is 1.33 bits per heavy atom. The van der Waals surface area contributed by atoms with E-state index in [0.717, 1.165) is 0 Å². The van der Waals surface area contributed by atoms with E-state index < -0.39 is 5.25 Å². The van der Waals surface area contributed by atoms with Gasteiger partial charge in [-0.3, -0.25) is 4.79 Å². The normalized spacial score (nSPS) is 11.8. The Balaban J connectivity index is 1.74. The predicted octanol–water partition coefficient (Wildman–Crippen LogP) is 3.23. The number of anilines is 1. The number of para-hydroxylation sites is 2. The maximum Gasteiger partial charge on any atom is 0.238 e. The second-order valence-electron chi connectivity index (χ2n) is 5.38. The van der Waals surface area contributed by atoms with E-state index in [1.54, 1.807) is 23.7 Å². The Morgan fingerprint density at radius 3 is 2.89 bits per heavy atom. The van der Waals surface area contributed by atoms with Crippen molar-refractivity contribution < 1.29 is 9.53 Å². The largest absolute Gasteiger partial charge is 0.492 e. The van der Waals surface area contributed by atoms with Gasteiger partial charge in [0.25, 0.3) is 0 Å². The first-order chi connectivity index (χ1) is 13.1. The molecule has 140 valence electrons. The van der Waals surface area contributed by atoms with Crippen molar-refractivity contribution in [2.75, 3.05) is 11.9 Å². The van der Waals surface area contributed by atoms with Crippen LogP contribution in [0.15, 0.2) is 47.8 Å². The fraction of sp³-hybridized carbons (Fsp3) is 0.235. The number of tetrazole rings is 1. The van der Waals surface area contributed by atoms with Crippen LogP contribution in [0.2, 0.25) is 5.02 Å². The zero-order valence-corrected chi connectivity index (χ0v) is 16.2. The monoisotopic (exact) mass is 404 g/mol. The fourth-order valence-electron chi connectivity index (χ4n) is 2.20. The van der Waals surface area contributed by atoms with Crippen molar-refractivity contribution in [2.45, 2.75) is 24.3 Å². The molecule has 10 heteroatoms. The lowest BCUT2D eigenvalue weighted by molar-refractivity contribution is -0.115. The van der Waals surface area contributed by atoms with Gasteiger partial charge in [-0.15, -0.1) is 5.10 Å². The van der Waals surface area contributed by atoms with Gasteiger partial charge in [-0.25, -0.2) is 4.98 Å². The smallest absolute Gasteiger partial charge is 0.238 e. The number of benzene rings is 1. The van der Waals surface area contributed by atoms with Crippen molar-refractivity contribution in [1.82, 2.24) is 25.2 Å². The van der Waals surface area contributed by atoms with Gasteiger partial charge in [0.15, 0.2) is 0 Å². The number of aromatic nitrogens is 5. The number of halogens is 1. The number of hydrogen-bond donors (Lipinski definition) is 1. The SMILES string of the molecule is CCOc1ccccc1-n1nnnc1S[C@@H](C)C(=O)Nc1ccc(Cl)cn1. The zero-order chi connectivity index (χ0) is 19.2. The molecule has 0 aliphatic rings. The van der Waals surface area contributed by atoms with Crippen LogP contribution in [-0.2, 0) is 4.79 Å². The van der Waals surface area contributed by atoms with E-state index >= 15 is 0 Å². The number of carbonyl (C=O) groups is 1. The molecule has 1 atom stereocenters. The molecule has 2 heterocycles. The molecular formula is C17H17ClN6O2S. The molecule has 0 bridgehead atoms. The third-order valence-electron chi connectivity index (χ3n) is 3.46. The minimum absolute atomic E-state index is 0.220. The van der Waals surface area contributed by atoms with E-state index in [4.69, 9.17) is 16.3 Å². The van der Waals surface area contributed by atoms with Crippen molar-refractivity contribution in [3.8, 4) is 11.4 Å². The molecule has 1 amide bonds. The van der Waals surface area contributed by atoms with Crippen molar-refractivity contribution in [3.05, 3.63) is 47.6 Å². The predicted molar refractivity (Wildman–Crippen MR) is 104 cm³/mol. The summed E-state index contributed by atoms with van der Waals surface area (Å²) in [5, 5.41) is 15.1. The van der Waals surface area contributed by atoms with Gasteiger partial charge in [-0.05, 0) is 48.5 Å². The molecule has 3 aromatic rings. The summed E-state index contributed by atoms with van der Waals surface area (Å²) in [6, 6.07) is 10.7. The number of pyridine rings is 1. The van der Waals surface area contributed by atoms with Crippen LogP contribution in [0.25, 0.3) is 5.69 Å². The van der Waals surface area contributed by atoms with Gasteiger partial charge in [0.2, 0.25) is 11.1 Å². The lowest BCUT2D eigenvalue weighted by Gasteiger charge is -2.13. The Morgan fingerprint density at radius 2 is 2.15 bits per heavy atom. The molecule has 0 fully saturated rings. The summed E-state index contributed by atoms with van der Waals surface area (Å²) >= 11 is 7.04. The first-order valence-electron chi connectivity index (χ1n) is 8.18. The highest BCUT2D eigenvalue weighted by atomic mass is 35.5. The molecule has 0 saturated heterocycles. The van der Waals surface area contributed by atoms with E-state index in [1.165, 1.54) is 18.0 Å². The summed E-state index contributed by atoms with van der Waals surface area (Å²) in [4.78, 5) is 16.5. The summed E-state index contributed by atoms with van der Waals surface area (Å²) < 4.78 is 7.19. The van der Waals surface area contributed by atoms with Crippen LogP contribution < -0.4 is 10.1 Å². The highest BCUT2D eigenvalue weighted by molar-refractivity contribution is 8.00. The second-order valence-corrected chi connectivity index (χ2v) is 7.13. The van der Waals surface area contributed by atoms with E-state index in [2.05, 4.69) is 25.8 Å². The molecule has 27 heavy (non-hydrogen) atoms. The van der Waals surface area contributed by atoms with Gasteiger partial charge in [0.1, 0.15) is 17.3 Å². The molecule has 3 rings (SSSR count). The van der Waals surface area contributed by atoms with Crippen molar-refractivity contribution in [2.24, 2.45) is 0 Å². The third-order valence-corrected chi connectivity index (χ3v) is 4.72. The van der Waals surface area contributed by atoms with Gasteiger partial charge in [0, 0.05) is 6.20 Å². The first-order valence-corrected chi connectivity index (χ1v) is 9.44. The standard InChI is InChI=1S/C17H17ClN6O2S/c1-3-26-14-7-5-4-6-13(14)24-17(21-22-23-24)27-11(2)16(25)20-15-9-8-12(18)10-19-15/h4-11H,3H2,1-2H3,(H,19,20,25)/t11-/m0/s1. The number of carbonyl (C=O) groups excluding carboxylic acids is 1. The van der Waals surface area contributed by atoms with Crippen LogP contribution in [0.4, 0.5) is 5.82 Å². The van der Waals surface area contributed by atoms with Crippen LogP contribution in [0.3, 0.4) is 0 Å².